The predicted octanol–water partition coefficient (Wildman–Crippen LogP) is 4.43. The minimum Gasteiger partial charge on any atom is -0.497 e. The van der Waals surface area contributed by atoms with Gasteiger partial charge in [-0.1, -0.05) is 48.0 Å². The van der Waals surface area contributed by atoms with Gasteiger partial charge in [0.2, 0.25) is 5.91 Å². The second-order valence-electron chi connectivity index (χ2n) is 7.15. The Morgan fingerprint density at radius 1 is 1.09 bits per heavy atom. The monoisotopic (exact) mass is 448 g/mol. The minimum absolute atomic E-state index is 0.127. The molecule has 6 nitrogen and oxygen atoms in total. The van der Waals surface area contributed by atoms with Gasteiger partial charge in [0, 0.05) is 11.6 Å². The number of hydrogen-bond acceptors (Lipinski definition) is 4. The van der Waals surface area contributed by atoms with Gasteiger partial charge in [-0.2, -0.15) is 0 Å². The van der Waals surface area contributed by atoms with E-state index in [1.54, 1.807) is 49.6 Å². The summed E-state index contributed by atoms with van der Waals surface area (Å²) in [6.07, 6.45) is 1.64. The normalized spacial score (nSPS) is 14.0. The molecule has 0 aliphatic carbocycles. The highest BCUT2D eigenvalue weighted by Crippen LogP contribution is 2.35. The van der Waals surface area contributed by atoms with Gasteiger partial charge in [0.1, 0.15) is 12.3 Å². The van der Waals surface area contributed by atoms with Gasteiger partial charge in [0.05, 0.1) is 12.8 Å². The summed E-state index contributed by atoms with van der Waals surface area (Å²) in [6.45, 7) is 0.199. The number of rotatable bonds is 6. The number of ether oxygens (including phenoxy) is 2. The number of para-hydroxylation sites is 2. The Bertz CT molecular complexity index is 1170. The third-order valence-corrected chi connectivity index (χ3v) is 5.18. The zero-order chi connectivity index (χ0) is 22.5. The van der Waals surface area contributed by atoms with Crippen LogP contribution in [0.25, 0.3) is 6.08 Å². The molecule has 162 valence electrons. The first-order valence-corrected chi connectivity index (χ1v) is 10.4. The summed E-state index contributed by atoms with van der Waals surface area (Å²) < 4.78 is 11.1. The van der Waals surface area contributed by atoms with Crippen LogP contribution in [-0.2, 0) is 16.1 Å². The van der Waals surface area contributed by atoms with Crippen molar-refractivity contribution in [2.45, 2.75) is 6.54 Å². The van der Waals surface area contributed by atoms with Gasteiger partial charge in [-0.15, -0.1) is 0 Å². The number of benzene rings is 3. The molecule has 7 heteroatoms. The molecule has 0 unspecified atom stereocenters. The van der Waals surface area contributed by atoms with Crippen LogP contribution in [0.5, 0.6) is 11.5 Å². The van der Waals surface area contributed by atoms with Crippen LogP contribution in [0.4, 0.5) is 5.69 Å². The molecule has 3 aromatic carbocycles. The smallest absolute Gasteiger partial charge is 0.294 e. The van der Waals surface area contributed by atoms with Crippen molar-refractivity contribution in [2.24, 2.45) is 0 Å². The average Bonchev–Trinajstić information content (AvgIpc) is 2.81. The van der Waals surface area contributed by atoms with Gasteiger partial charge in [-0.05, 0) is 53.6 Å². The molecule has 3 aromatic rings. The summed E-state index contributed by atoms with van der Waals surface area (Å²) in [6, 6.07) is 21.6. The highest BCUT2D eigenvalue weighted by molar-refractivity contribution is 6.30. The number of amides is 2. The van der Waals surface area contributed by atoms with Crippen molar-refractivity contribution in [3.63, 3.8) is 0 Å². The molecule has 0 fully saturated rings. The van der Waals surface area contributed by atoms with Crippen LogP contribution in [0, 0.1) is 0 Å². The van der Waals surface area contributed by atoms with Gasteiger partial charge < -0.3 is 14.8 Å². The predicted molar refractivity (Wildman–Crippen MR) is 124 cm³/mol. The summed E-state index contributed by atoms with van der Waals surface area (Å²) in [5.41, 5.74) is 2.20. The fraction of sp³-hybridized carbons (Fsp3) is 0.120. The number of nitrogens with one attached hydrogen (secondary N) is 1. The molecule has 0 atom stereocenters. The number of carbonyl (C=O) groups excluding carboxylic acids is 2. The van der Waals surface area contributed by atoms with Crippen molar-refractivity contribution in [1.82, 2.24) is 5.32 Å². The van der Waals surface area contributed by atoms with E-state index in [0.717, 1.165) is 11.1 Å². The van der Waals surface area contributed by atoms with Gasteiger partial charge >= 0.3 is 0 Å². The van der Waals surface area contributed by atoms with Crippen LogP contribution in [-0.4, -0.2) is 25.5 Å². The first kappa shape index (κ1) is 21.5. The van der Waals surface area contributed by atoms with Gasteiger partial charge in [0.15, 0.2) is 11.5 Å². The number of carbonyl (C=O) groups is 2. The van der Waals surface area contributed by atoms with Crippen molar-refractivity contribution in [3.8, 4) is 11.5 Å². The van der Waals surface area contributed by atoms with E-state index in [2.05, 4.69) is 5.32 Å². The molecule has 0 spiro atoms. The van der Waals surface area contributed by atoms with E-state index in [1.165, 1.54) is 4.90 Å². The van der Waals surface area contributed by atoms with Crippen molar-refractivity contribution in [3.05, 3.63) is 94.7 Å². The minimum atomic E-state index is -0.395. The number of anilines is 1. The number of methoxy groups -OCH3 is 1. The molecule has 0 saturated heterocycles. The summed E-state index contributed by atoms with van der Waals surface area (Å²) in [4.78, 5) is 27.3. The third-order valence-electron chi connectivity index (χ3n) is 4.93. The Morgan fingerprint density at radius 2 is 1.88 bits per heavy atom. The molecule has 1 aliphatic heterocycles. The van der Waals surface area contributed by atoms with Crippen LogP contribution in [0.1, 0.15) is 11.1 Å². The SMILES string of the molecule is COc1cccc(/C=C2/Oc3ccccc3N(CC(=O)NCc3ccc(Cl)cc3)C2=O)c1. The van der Waals surface area contributed by atoms with Crippen molar-refractivity contribution >= 4 is 35.2 Å². The number of nitrogens with zero attached hydrogens (tertiary/aromatic N) is 1. The Kier molecular flexibility index (Phi) is 6.42. The molecule has 0 radical (unpaired) electrons. The standard InChI is InChI=1S/C25H21ClN2O4/c1-31-20-6-4-5-18(13-20)14-23-25(30)28(21-7-2-3-8-22(21)32-23)16-24(29)27-15-17-9-11-19(26)12-10-17/h2-14H,15-16H2,1H3,(H,27,29)/b23-14+. The van der Waals surface area contributed by atoms with Crippen LogP contribution < -0.4 is 19.7 Å². The van der Waals surface area contributed by atoms with E-state index in [1.807, 2.05) is 36.4 Å². The Balaban J connectivity index is 1.54. The molecule has 32 heavy (non-hydrogen) atoms. The molecule has 1 N–H and O–H groups in total. The van der Waals surface area contributed by atoms with E-state index in [4.69, 9.17) is 21.1 Å². The Labute approximate surface area is 191 Å². The van der Waals surface area contributed by atoms with Gasteiger partial charge in [0.25, 0.3) is 5.91 Å². The first-order valence-electron chi connectivity index (χ1n) is 9.99. The van der Waals surface area contributed by atoms with Crippen LogP contribution in [0.3, 0.4) is 0 Å². The topological polar surface area (TPSA) is 67.9 Å². The lowest BCUT2D eigenvalue weighted by Crippen LogP contribution is -2.44. The molecule has 0 bridgehead atoms. The quantitative estimate of drug-likeness (QED) is 0.566. The lowest BCUT2D eigenvalue weighted by molar-refractivity contribution is -0.123. The maximum Gasteiger partial charge on any atom is 0.294 e. The second kappa shape index (κ2) is 9.58. The van der Waals surface area contributed by atoms with Crippen LogP contribution >= 0.6 is 11.6 Å². The van der Waals surface area contributed by atoms with Crippen molar-refractivity contribution in [2.75, 3.05) is 18.6 Å². The number of hydrogen-bond donors (Lipinski definition) is 1. The first-order chi connectivity index (χ1) is 15.5. The third kappa shape index (κ3) is 4.92. The van der Waals surface area contributed by atoms with Crippen molar-refractivity contribution < 1.29 is 19.1 Å². The van der Waals surface area contributed by atoms with E-state index in [-0.39, 0.29) is 18.2 Å². The molecular weight excluding hydrogens is 428 g/mol. The highest BCUT2D eigenvalue weighted by Gasteiger charge is 2.31. The lowest BCUT2D eigenvalue weighted by Gasteiger charge is -2.30. The fourth-order valence-electron chi connectivity index (χ4n) is 3.30. The highest BCUT2D eigenvalue weighted by atomic mass is 35.5. The summed E-state index contributed by atoms with van der Waals surface area (Å²) >= 11 is 5.90. The summed E-state index contributed by atoms with van der Waals surface area (Å²) in [5, 5.41) is 3.47. The molecule has 1 aliphatic rings. The van der Waals surface area contributed by atoms with E-state index in [0.29, 0.717) is 28.8 Å². The maximum atomic E-state index is 13.2. The summed E-state index contributed by atoms with van der Waals surface area (Å²) in [7, 11) is 1.58. The molecule has 0 saturated carbocycles. The van der Waals surface area contributed by atoms with E-state index in [9.17, 15) is 9.59 Å². The fourth-order valence-corrected chi connectivity index (χ4v) is 3.43. The molecule has 0 aromatic heterocycles. The van der Waals surface area contributed by atoms with Gasteiger partial charge in [-0.3, -0.25) is 14.5 Å². The average molecular weight is 449 g/mol. The number of fused-ring (bicyclic) bond motifs is 1. The molecule has 4 rings (SSSR count). The van der Waals surface area contributed by atoms with Crippen LogP contribution in [0.15, 0.2) is 78.6 Å². The Morgan fingerprint density at radius 3 is 2.66 bits per heavy atom. The van der Waals surface area contributed by atoms with Crippen LogP contribution in [0.2, 0.25) is 5.02 Å². The van der Waals surface area contributed by atoms with Gasteiger partial charge in [-0.25, -0.2) is 0 Å². The zero-order valence-electron chi connectivity index (χ0n) is 17.4. The molecule has 2 amide bonds. The zero-order valence-corrected chi connectivity index (χ0v) is 18.1. The maximum absolute atomic E-state index is 13.2. The Hall–Kier alpha value is -3.77. The second-order valence-corrected chi connectivity index (χ2v) is 7.59. The van der Waals surface area contributed by atoms with E-state index < -0.39 is 5.91 Å². The van der Waals surface area contributed by atoms with E-state index >= 15 is 0 Å². The molecule has 1 heterocycles. The van der Waals surface area contributed by atoms with Crippen molar-refractivity contribution in [1.29, 1.82) is 0 Å². The lowest BCUT2D eigenvalue weighted by atomic mass is 10.1. The number of halogens is 1. The molecular formula is C25H21ClN2O4. The summed E-state index contributed by atoms with van der Waals surface area (Å²) in [5.74, 6) is 0.620. The largest absolute Gasteiger partial charge is 0.497 e.